The van der Waals surface area contributed by atoms with Crippen molar-refractivity contribution in [2.24, 2.45) is 0 Å². The monoisotopic (exact) mass is 457 g/mol. The van der Waals surface area contributed by atoms with Crippen molar-refractivity contribution in [2.75, 3.05) is 17.3 Å². The third-order valence-electron chi connectivity index (χ3n) is 4.90. The number of fused-ring (bicyclic) bond motifs is 1. The van der Waals surface area contributed by atoms with Crippen molar-refractivity contribution >= 4 is 35.0 Å². The Bertz CT molecular complexity index is 1040. The number of nitrogens with zero attached hydrogens (tertiary/aromatic N) is 3. The molecule has 3 aromatic rings. The molecule has 0 radical (unpaired) electrons. The maximum atomic E-state index is 13.3. The number of hydrogen-bond acceptors (Lipinski definition) is 6. The Morgan fingerprint density at radius 2 is 1.90 bits per heavy atom. The van der Waals surface area contributed by atoms with Crippen molar-refractivity contribution in [3.8, 4) is 5.75 Å². The van der Waals surface area contributed by atoms with Gasteiger partial charge in [0, 0.05) is 17.1 Å². The largest absolute Gasteiger partial charge is 0.494 e. The van der Waals surface area contributed by atoms with Gasteiger partial charge < -0.3 is 15.5 Å². The van der Waals surface area contributed by atoms with Crippen LogP contribution in [0.25, 0.3) is 0 Å². The Kier molecular flexibility index (Phi) is 6.67. The van der Waals surface area contributed by atoms with Gasteiger partial charge in [-0.25, -0.2) is 4.68 Å². The van der Waals surface area contributed by atoms with Gasteiger partial charge in [0.2, 0.25) is 11.1 Å². The summed E-state index contributed by atoms with van der Waals surface area (Å²) in [6.07, 6.45) is 1.76. The summed E-state index contributed by atoms with van der Waals surface area (Å²) in [4.78, 5) is 13.3. The lowest BCUT2D eigenvalue weighted by Gasteiger charge is -2.33. The van der Waals surface area contributed by atoms with Crippen molar-refractivity contribution in [2.45, 2.75) is 43.1 Å². The quantitative estimate of drug-likeness (QED) is 0.536. The first-order chi connectivity index (χ1) is 15.1. The standard InChI is InChI=1S/C22H24ClN5O2S/c1-3-5-18-25-26-22-28(18)27-19(14-6-8-15(23)9-7-14)20(31-22)21(29)24-16-10-12-17(13-11-16)30-4-2/h6-13,19-20,27H,3-5H2,1-2H3,(H,24,29)/t19-,20-/m0/s1. The number of nitrogens with one attached hydrogen (secondary N) is 2. The minimum absolute atomic E-state index is 0.118. The topological polar surface area (TPSA) is 81.1 Å². The molecule has 0 saturated carbocycles. The number of aromatic nitrogens is 3. The van der Waals surface area contributed by atoms with Gasteiger partial charge in [-0.15, -0.1) is 10.2 Å². The van der Waals surface area contributed by atoms with E-state index in [1.54, 1.807) is 0 Å². The van der Waals surface area contributed by atoms with Crippen molar-refractivity contribution in [3.63, 3.8) is 0 Å². The van der Waals surface area contributed by atoms with Crippen LogP contribution in [0, 0.1) is 0 Å². The number of carbonyl (C=O) groups excluding carboxylic acids is 1. The van der Waals surface area contributed by atoms with E-state index >= 15 is 0 Å². The molecule has 31 heavy (non-hydrogen) atoms. The fourth-order valence-electron chi connectivity index (χ4n) is 3.42. The van der Waals surface area contributed by atoms with Crippen LogP contribution in [-0.2, 0) is 11.2 Å². The zero-order valence-corrected chi connectivity index (χ0v) is 18.9. The highest BCUT2D eigenvalue weighted by Crippen LogP contribution is 2.38. The molecule has 1 aliphatic heterocycles. The number of thioether (sulfide) groups is 1. The number of halogens is 1. The molecule has 0 bridgehead atoms. The average molecular weight is 458 g/mol. The molecule has 1 aliphatic rings. The van der Waals surface area contributed by atoms with Gasteiger partial charge in [0.25, 0.3) is 0 Å². The molecular weight excluding hydrogens is 434 g/mol. The van der Waals surface area contributed by atoms with E-state index in [1.165, 1.54) is 11.8 Å². The van der Waals surface area contributed by atoms with Crippen LogP contribution < -0.4 is 15.5 Å². The molecule has 7 nitrogen and oxygen atoms in total. The van der Waals surface area contributed by atoms with Gasteiger partial charge in [0.15, 0.2) is 5.82 Å². The van der Waals surface area contributed by atoms with Crippen LogP contribution in [0.1, 0.15) is 37.7 Å². The van der Waals surface area contributed by atoms with Crippen LogP contribution >= 0.6 is 23.4 Å². The van der Waals surface area contributed by atoms with E-state index in [0.717, 1.165) is 30.0 Å². The first-order valence-electron chi connectivity index (χ1n) is 10.3. The summed E-state index contributed by atoms with van der Waals surface area (Å²) in [6, 6.07) is 14.6. The van der Waals surface area contributed by atoms with Gasteiger partial charge in [-0.1, -0.05) is 42.4 Å². The fourth-order valence-corrected chi connectivity index (χ4v) is 4.64. The highest BCUT2D eigenvalue weighted by atomic mass is 35.5. The lowest BCUT2D eigenvalue weighted by atomic mass is 10.0. The van der Waals surface area contributed by atoms with E-state index in [1.807, 2.05) is 60.1 Å². The molecule has 2 atom stereocenters. The summed E-state index contributed by atoms with van der Waals surface area (Å²) < 4.78 is 7.37. The van der Waals surface area contributed by atoms with Crippen LogP contribution in [0.3, 0.4) is 0 Å². The molecule has 0 unspecified atom stereocenters. The summed E-state index contributed by atoms with van der Waals surface area (Å²) in [5, 5.41) is 12.5. The molecular formula is C22H24ClN5O2S. The van der Waals surface area contributed by atoms with Crippen LogP contribution in [0.4, 0.5) is 5.69 Å². The van der Waals surface area contributed by atoms with E-state index in [4.69, 9.17) is 16.3 Å². The predicted octanol–water partition coefficient (Wildman–Crippen LogP) is 4.68. The van der Waals surface area contributed by atoms with Crippen LogP contribution in [0.2, 0.25) is 5.02 Å². The number of carbonyl (C=O) groups is 1. The molecule has 2 aromatic carbocycles. The van der Waals surface area contributed by atoms with Crippen LogP contribution in [0.5, 0.6) is 5.75 Å². The first-order valence-corrected chi connectivity index (χ1v) is 11.5. The molecule has 2 N–H and O–H groups in total. The third-order valence-corrected chi connectivity index (χ3v) is 6.36. The minimum atomic E-state index is -0.445. The Morgan fingerprint density at radius 1 is 1.16 bits per heavy atom. The Morgan fingerprint density at radius 3 is 2.58 bits per heavy atom. The molecule has 0 saturated heterocycles. The molecule has 1 aromatic heterocycles. The van der Waals surface area contributed by atoms with E-state index in [-0.39, 0.29) is 11.9 Å². The second-order valence-electron chi connectivity index (χ2n) is 7.13. The van der Waals surface area contributed by atoms with Gasteiger partial charge in [0.05, 0.1) is 12.6 Å². The van der Waals surface area contributed by atoms with Crippen molar-refractivity contribution in [1.82, 2.24) is 14.9 Å². The van der Waals surface area contributed by atoms with Crippen LogP contribution in [-0.4, -0.2) is 32.6 Å². The molecule has 0 fully saturated rings. The summed E-state index contributed by atoms with van der Waals surface area (Å²) >= 11 is 7.49. The van der Waals surface area contributed by atoms with Crippen molar-refractivity contribution < 1.29 is 9.53 Å². The molecule has 162 valence electrons. The van der Waals surface area contributed by atoms with E-state index in [0.29, 0.717) is 22.5 Å². The Balaban J connectivity index is 1.60. The number of hydrogen-bond donors (Lipinski definition) is 2. The van der Waals surface area contributed by atoms with E-state index in [9.17, 15) is 4.79 Å². The number of ether oxygens (including phenoxy) is 1. The SMILES string of the molecule is CCCc1nnc2n1N[C@@H](c1ccc(Cl)cc1)[C@@H](C(=O)Nc1ccc(OCC)cc1)S2. The van der Waals surface area contributed by atoms with E-state index < -0.39 is 5.25 Å². The Hall–Kier alpha value is -2.71. The lowest BCUT2D eigenvalue weighted by molar-refractivity contribution is -0.116. The first kappa shape index (κ1) is 21.5. The summed E-state index contributed by atoms with van der Waals surface area (Å²) in [5.74, 6) is 1.51. The zero-order valence-electron chi connectivity index (χ0n) is 17.3. The van der Waals surface area contributed by atoms with Gasteiger partial charge in [-0.3, -0.25) is 4.79 Å². The minimum Gasteiger partial charge on any atom is -0.494 e. The summed E-state index contributed by atoms with van der Waals surface area (Å²) in [6.45, 7) is 4.63. The zero-order chi connectivity index (χ0) is 21.8. The number of anilines is 1. The van der Waals surface area contributed by atoms with Crippen molar-refractivity contribution in [3.05, 3.63) is 64.9 Å². The smallest absolute Gasteiger partial charge is 0.240 e. The second-order valence-corrected chi connectivity index (χ2v) is 8.67. The normalized spacial score (nSPS) is 17.5. The maximum Gasteiger partial charge on any atom is 0.240 e. The molecule has 2 heterocycles. The predicted molar refractivity (Wildman–Crippen MR) is 123 cm³/mol. The summed E-state index contributed by atoms with van der Waals surface area (Å²) in [7, 11) is 0. The van der Waals surface area contributed by atoms with Gasteiger partial charge >= 0.3 is 0 Å². The number of aryl methyl sites for hydroxylation is 1. The summed E-state index contributed by atoms with van der Waals surface area (Å²) in [5.41, 5.74) is 5.13. The van der Waals surface area contributed by atoms with Gasteiger partial charge in [-0.2, -0.15) is 0 Å². The highest BCUT2D eigenvalue weighted by Gasteiger charge is 2.37. The number of amides is 1. The number of benzene rings is 2. The third kappa shape index (κ3) is 4.80. The van der Waals surface area contributed by atoms with Gasteiger partial charge in [-0.05, 0) is 55.3 Å². The van der Waals surface area contributed by atoms with Gasteiger partial charge in [0.1, 0.15) is 11.0 Å². The lowest BCUT2D eigenvalue weighted by Crippen LogP contribution is -2.41. The average Bonchev–Trinajstić information content (AvgIpc) is 3.17. The fraction of sp³-hybridized carbons (Fsp3) is 0.318. The molecule has 0 aliphatic carbocycles. The second kappa shape index (κ2) is 9.62. The molecule has 1 amide bonds. The molecule has 0 spiro atoms. The highest BCUT2D eigenvalue weighted by molar-refractivity contribution is 8.00. The van der Waals surface area contributed by atoms with E-state index in [2.05, 4.69) is 27.9 Å². The molecule has 9 heteroatoms. The molecule has 4 rings (SSSR count). The maximum absolute atomic E-state index is 13.3. The van der Waals surface area contributed by atoms with Crippen molar-refractivity contribution in [1.29, 1.82) is 0 Å². The van der Waals surface area contributed by atoms with Crippen LogP contribution in [0.15, 0.2) is 53.7 Å². The number of rotatable bonds is 7. The Labute approximate surface area is 190 Å².